The third kappa shape index (κ3) is 2.68. The lowest BCUT2D eigenvalue weighted by atomic mass is 10.1. The highest BCUT2D eigenvalue weighted by Crippen LogP contribution is 2.11. The van der Waals surface area contributed by atoms with Crippen molar-refractivity contribution in [1.82, 2.24) is 14.5 Å². The van der Waals surface area contributed by atoms with Gasteiger partial charge in [-0.2, -0.15) is 0 Å². The molecule has 0 aliphatic carbocycles. The van der Waals surface area contributed by atoms with Crippen LogP contribution in [-0.2, 0) is 11.3 Å². The van der Waals surface area contributed by atoms with Gasteiger partial charge in [0.15, 0.2) is 0 Å². The molecule has 1 aromatic heterocycles. The number of amides is 1. The molecule has 5 nitrogen and oxygen atoms in total. The highest BCUT2D eigenvalue weighted by Gasteiger charge is 2.18. The molecular formula is C16H19N3O2. The summed E-state index contributed by atoms with van der Waals surface area (Å²) in [6, 6.07) is 7.25. The summed E-state index contributed by atoms with van der Waals surface area (Å²) in [6.45, 7) is 3.46. The second-order valence-corrected chi connectivity index (χ2v) is 5.51. The number of hydrogen-bond acceptors (Lipinski definition) is 3. The van der Waals surface area contributed by atoms with Crippen LogP contribution in [0.3, 0.4) is 0 Å². The lowest BCUT2D eigenvalue weighted by molar-refractivity contribution is -0.132. The number of rotatable bonds is 2. The standard InChI is InChI=1S/C16H19N3O2/c1-12-17-14-8-4-3-7-13(14)16(21)19(12)11-15(20)18-9-5-2-6-10-18/h3-4,7-8H,2,5-6,9-11H2,1H3. The van der Waals surface area contributed by atoms with Crippen molar-refractivity contribution in [2.75, 3.05) is 13.1 Å². The van der Waals surface area contributed by atoms with E-state index in [1.807, 2.05) is 23.1 Å². The Kier molecular flexibility index (Phi) is 3.73. The Morgan fingerprint density at radius 1 is 1.19 bits per heavy atom. The van der Waals surface area contributed by atoms with E-state index < -0.39 is 0 Å². The topological polar surface area (TPSA) is 55.2 Å². The van der Waals surface area contributed by atoms with Crippen LogP contribution in [0.5, 0.6) is 0 Å². The van der Waals surface area contributed by atoms with Crippen molar-refractivity contribution >= 4 is 16.8 Å². The van der Waals surface area contributed by atoms with Crippen LogP contribution in [0.25, 0.3) is 10.9 Å². The molecule has 0 bridgehead atoms. The number of fused-ring (bicyclic) bond motifs is 1. The number of aromatic nitrogens is 2. The van der Waals surface area contributed by atoms with Gasteiger partial charge in [-0.3, -0.25) is 14.2 Å². The molecule has 3 rings (SSSR count). The van der Waals surface area contributed by atoms with Crippen molar-refractivity contribution in [2.45, 2.75) is 32.7 Å². The van der Waals surface area contributed by atoms with Crippen molar-refractivity contribution in [3.05, 3.63) is 40.4 Å². The summed E-state index contributed by atoms with van der Waals surface area (Å²) in [4.78, 5) is 31.1. The van der Waals surface area contributed by atoms with E-state index in [-0.39, 0.29) is 18.0 Å². The molecule has 0 spiro atoms. The molecule has 110 valence electrons. The summed E-state index contributed by atoms with van der Waals surface area (Å²) >= 11 is 0. The van der Waals surface area contributed by atoms with Gasteiger partial charge in [0.2, 0.25) is 5.91 Å². The van der Waals surface area contributed by atoms with Crippen LogP contribution in [0.15, 0.2) is 29.1 Å². The van der Waals surface area contributed by atoms with E-state index in [0.29, 0.717) is 16.7 Å². The van der Waals surface area contributed by atoms with Gasteiger partial charge >= 0.3 is 0 Å². The van der Waals surface area contributed by atoms with E-state index in [1.165, 1.54) is 11.0 Å². The van der Waals surface area contributed by atoms with Crippen molar-refractivity contribution < 1.29 is 4.79 Å². The van der Waals surface area contributed by atoms with Crippen LogP contribution in [-0.4, -0.2) is 33.4 Å². The Morgan fingerprint density at radius 3 is 2.67 bits per heavy atom. The molecule has 0 saturated carbocycles. The number of piperidine rings is 1. The number of nitrogens with zero attached hydrogens (tertiary/aromatic N) is 3. The Hall–Kier alpha value is -2.17. The largest absolute Gasteiger partial charge is 0.341 e. The minimum Gasteiger partial charge on any atom is -0.341 e. The van der Waals surface area contributed by atoms with Crippen LogP contribution in [0.4, 0.5) is 0 Å². The van der Waals surface area contributed by atoms with E-state index in [4.69, 9.17) is 0 Å². The lowest BCUT2D eigenvalue weighted by Gasteiger charge is -2.27. The molecule has 1 saturated heterocycles. The molecule has 2 aromatic rings. The fourth-order valence-corrected chi connectivity index (χ4v) is 2.84. The summed E-state index contributed by atoms with van der Waals surface area (Å²) in [6.07, 6.45) is 3.28. The minimum atomic E-state index is -0.136. The van der Waals surface area contributed by atoms with E-state index in [0.717, 1.165) is 25.9 Å². The zero-order chi connectivity index (χ0) is 14.8. The van der Waals surface area contributed by atoms with Crippen molar-refractivity contribution in [3.8, 4) is 0 Å². The average molecular weight is 285 g/mol. The highest BCUT2D eigenvalue weighted by molar-refractivity contribution is 5.79. The quantitative estimate of drug-likeness (QED) is 0.844. The average Bonchev–Trinajstić information content (AvgIpc) is 2.52. The Labute approximate surface area is 123 Å². The van der Waals surface area contributed by atoms with Gasteiger partial charge in [0, 0.05) is 13.1 Å². The molecule has 1 fully saturated rings. The SMILES string of the molecule is Cc1nc2ccccc2c(=O)n1CC(=O)N1CCCCC1. The van der Waals surface area contributed by atoms with Gasteiger partial charge in [0.25, 0.3) is 5.56 Å². The van der Waals surface area contributed by atoms with Gasteiger partial charge in [-0.25, -0.2) is 4.98 Å². The maximum absolute atomic E-state index is 12.5. The first-order valence-corrected chi connectivity index (χ1v) is 7.41. The first-order valence-electron chi connectivity index (χ1n) is 7.41. The summed E-state index contributed by atoms with van der Waals surface area (Å²) in [5.41, 5.74) is 0.546. The van der Waals surface area contributed by atoms with Crippen LogP contribution in [0, 0.1) is 6.92 Å². The minimum absolute atomic E-state index is 0.0111. The predicted octanol–water partition coefficient (Wildman–Crippen LogP) is 1.72. The molecule has 0 radical (unpaired) electrons. The Balaban J connectivity index is 1.93. The molecule has 0 atom stereocenters. The van der Waals surface area contributed by atoms with Gasteiger partial charge in [0.05, 0.1) is 10.9 Å². The van der Waals surface area contributed by atoms with Crippen molar-refractivity contribution in [1.29, 1.82) is 0 Å². The monoisotopic (exact) mass is 285 g/mol. The fourth-order valence-electron chi connectivity index (χ4n) is 2.84. The van der Waals surface area contributed by atoms with Crippen molar-refractivity contribution in [2.24, 2.45) is 0 Å². The smallest absolute Gasteiger partial charge is 0.261 e. The number of para-hydroxylation sites is 1. The lowest BCUT2D eigenvalue weighted by Crippen LogP contribution is -2.40. The van der Waals surface area contributed by atoms with Gasteiger partial charge in [-0.1, -0.05) is 12.1 Å². The zero-order valence-electron chi connectivity index (χ0n) is 12.2. The maximum atomic E-state index is 12.5. The maximum Gasteiger partial charge on any atom is 0.261 e. The molecule has 0 N–H and O–H groups in total. The van der Waals surface area contributed by atoms with E-state index in [1.54, 1.807) is 13.0 Å². The number of likely N-dealkylation sites (tertiary alicyclic amines) is 1. The van der Waals surface area contributed by atoms with E-state index in [2.05, 4.69) is 4.98 Å². The summed E-state index contributed by atoms with van der Waals surface area (Å²) < 4.78 is 1.49. The normalized spacial score (nSPS) is 15.4. The Morgan fingerprint density at radius 2 is 1.90 bits per heavy atom. The number of carbonyl (C=O) groups is 1. The van der Waals surface area contributed by atoms with Gasteiger partial charge < -0.3 is 4.90 Å². The molecule has 1 aliphatic rings. The third-order valence-electron chi connectivity index (χ3n) is 4.05. The van der Waals surface area contributed by atoms with Crippen LogP contribution in [0.1, 0.15) is 25.1 Å². The molecule has 21 heavy (non-hydrogen) atoms. The second-order valence-electron chi connectivity index (χ2n) is 5.51. The number of aryl methyl sites for hydroxylation is 1. The molecule has 1 aromatic carbocycles. The van der Waals surface area contributed by atoms with Gasteiger partial charge in [-0.05, 0) is 38.3 Å². The first-order chi connectivity index (χ1) is 10.2. The van der Waals surface area contributed by atoms with Crippen LogP contribution in [0.2, 0.25) is 0 Å². The van der Waals surface area contributed by atoms with E-state index in [9.17, 15) is 9.59 Å². The van der Waals surface area contributed by atoms with Crippen molar-refractivity contribution in [3.63, 3.8) is 0 Å². The summed E-state index contributed by atoms with van der Waals surface area (Å²) in [7, 11) is 0. The molecule has 2 heterocycles. The second kappa shape index (κ2) is 5.68. The highest BCUT2D eigenvalue weighted by atomic mass is 16.2. The summed E-state index contributed by atoms with van der Waals surface area (Å²) in [5, 5.41) is 0.564. The molecule has 5 heteroatoms. The number of hydrogen-bond donors (Lipinski definition) is 0. The first kappa shape index (κ1) is 13.8. The molecule has 1 aliphatic heterocycles. The number of carbonyl (C=O) groups excluding carboxylic acids is 1. The summed E-state index contributed by atoms with van der Waals surface area (Å²) in [5.74, 6) is 0.598. The molecular weight excluding hydrogens is 266 g/mol. The van der Waals surface area contributed by atoms with Gasteiger partial charge in [-0.15, -0.1) is 0 Å². The fraction of sp³-hybridized carbons (Fsp3) is 0.438. The van der Waals surface area contributed by atoms with E-state index >= 15 is 0 Å². The Bertz CT molecular complexity index is 730. The van der Waals surface area contributed by atoms with Crippen LogP contribution < -0.4 is 5.56 Å². The number of benzene rings is 1. The third-order valence-corrected chi connectivity index (χ3v) is 4.05. The van der Waals surface area contributed by atoms with Gasteiger partial charge in [0.1, 0.15) is 12.4 Å². The predicted molar refractivity (Wildman–Crippen MR) is 81.2 cm³/mol. The van der Waals surface area contributed by atoms with Crippen LogP contribution >= 0.6 is 0 Å². The zero-order valence-corrected chi connectivity index (χ0v) is 12.2. The molecule has 0 unspecified atom stereocenters. The molecule has 1 amide bonds.